The van der Waals surface area contributed by atoms with Gasteiger partial charge in [0.2, 0.25) is 11.8 Å². The highest BCUT2D eigenvalue weighted by Gasteiger charge is 2.30. The summed E-state index contributed by atoms with van der Waals surface area (Å²) in [5.41, 5.74) is -0.198. The minimum Gasteiger partial charge on any atom is -0.478 e. The summed E-state index contributed by atoms with van der Waals surface area (Å²) in [6, 6.07) is 0. The molecular weight excluding hydrogens is 366 g/mol. The van der Waals surface area contributed by atoms with Gasteiger partial charge >= 0.3 is 5.97 Å². The molecule has 7 nitrogen and oxygen atoms in total. The molecular formula is C15H24BrN3O4. The van der Waals surface area contributed by atoms with Gasteiger partial charge in [-0.2, -0.15) is 5.10 Å². The molecule has 130 valence electrons. The van der Waals surface area contributed by atoms with E-state index in [2.05, 4.69) is 26.3 Å². The summed E-state index contributed by atoms with van der Waals surface area (Å²) in [6.07, 6.45) is 1.44. The number of nitrogens with zero attached hydrogens (tertiary/aromatic N) is 2. The molecule has 1 aromatic heterocycles. The lowest BCUT2D eigenvalue weighted by Gasteiger charge is -2.31. The molecule has 1 unspecified atom stereocenters. The fourth-order valence-electron chi connectivity index (χ4n) is 2.05. The van der Waals surface area contributed by atoms with Gasteiger partial charge in [0.25, 0.3) is 0 Å². The molecule has 1 heterocycles. The van der Waals surface area contributed by atoms with Crippen LogP contribution in [0.25, 0.3) is 0 Å². The van der Waals surface area contributed by atoms with E-state index in [0.29, 0.717) is 24.6 Å². The van der Waals surface area contributed by atoms with Gasteiger partial charge in [0.15, 0.2) is 0 Å². The number of carbonyl (C=O) groups is 2. The Kier molecular flexibility index (Phi) is 7.05. The number of hydrogen-bond donors (Lipinski definition) is 1. The third kappa shape index (κ3) is 5.23. The minimum absolute atomic E-state index is 0.114. The zero-order valence-electron chi connectivity index (χ0n) is 14.2. The summed E-state index contributed by atoms with van der Waals surface area (Å²) in [5, 5.41) is 7.10. The molecule has 8 heteroatoms. The summed E-state index contributed by atoms with van der Waals surface area (Å²) in [4.78, 5) is 23.2. The minimum atomic E-state index is -0.495. The van der Waals surface area contributed by atoms with Crippen molar-refractivity contribution in [1.82, 2.24) is 15.1 Å². The van der Waals surface area contributed by atoms with Crippen molar-refractivity contribution in [2.24, 2.45) is 0 Å². The number of aromatic nitrogens is 2. The number of alkyl halides is 1. The Hall–Kier alpha value is -1.57. The second-order valence-corrected chi connectivity index (χ2v) is 6.67. The second-order valence-electron chi connectivity index (χ2n) is 5.57. The van der Waals surface area contributed by atoms with Gasteiger partial charge in [-0.3, -0.25) is 4.79 Å². The summed E-state index contributed by atoms with van der Waals surface area (Å²) >= 11 is 3.58. The summed E-state index contributed by atoms with van der Waals surface area (Å²) in [7, 11) is 0. The van der Waals surface area contributed by atoms with E-state index in [-0.39, 0.29) is 17.3 Å². The van der Waals surface area contributed by atoms with Gasteiger partial charge in [0.1, 0.15) is 5.56 Å². The van der Waals surface area contributed by atoms with Crippen molar-refractivity contribution in [3.63, 3.8) is 0 Å². The molecule has 0 bridgehead atoms. The van der Waals surface area contributed by atoms with E-state index in [1.807, 2.05) is 20.8 Å². The van der Waals surface area contributed by atoms with E-state index in [4.69, 9.17) is 9.47 Å². The highest BCUT2D eigenvalue weighted by molar-refractivity contribution is 9.09. The van der Waals surface area contributed by atoms with Gasteiger partial charge in [-0.1, -0.05) is 15.9 Å². The lowest BCUT2D eigenvalue weighted by atomic mass is 10.0. The van der Waals surface area contributed by atoms with Crippen LogP contribution in [0.4, 0.5) is 0 Å². The molecule has 1 N–H and O–H groups in total. The molecule has 23 heavy (non-hydrogen) atoms. The maximum atomic E-state index is 12.0. The number of hydrogen-bond acceptors (Lipinski definition) is 5. The molecule has 1 rings (SSSR count). The third-order valence-corrected chi connectivity index (χ3v) is 4.62. The third-order valence-electron chi connectivity index (χ3n) is 3.18. The van der Waals surface area contributed by atoms with E-state index < -0.39 is 11.5 Å². The fraction of sp³-hybridized carbons (Fsp3) is 0.667. The number of carbonyl (C=O) groups excluding carboxylic acids is 2. The maximum absolute atomic E-state index is 12.0. The van der Waals surface area contributed by atoms with E-state index >= 15 is 0 Å². The number of halogens is 1. The highest BCUT2D eigenvalue weighted by atomic mass is 79.9. The average Bonchev–Trinajstić information content (AvgIpc) is 2.81. The quantitative estimate of drug-likeness (QED) is 0.543. The van der Waals surface area contributed by atoms with Crippen LogP contribution in [-0.2, 0) is 16.1 Å². The van der Waals surface area contributed by atoms with Crippen LogP contribution in [0, 0.1) is 0 Å². The van der Waals surface area contributed by atoms with Gasteiger partial charge in [0, 0.05) is 12.5 Å². The molecule has 0 saturated carbocycles. The molecule has 0 aliphatic heterocycles. The van der Waals surface area contributed by atoms with Gasteiger partial charge in [0.05, 0.1) is 30.8 Å². The van der Waals surface area contributed by atoms with Crippen LogP contribution in [0.5, 0.6) is 5.88 Å². The Morgan fingerprint density at radius 3 is 2.57 bits per heavy atom. The van der Waals surface area contributed by atoms with Crippen molar-refractivity contribution in [2.75, 3.05) is 13.2 Å². The first-order valence-corrected chi connectivity index (χ1v) is 8.43. The summed E-state index contributed by atoms with van der Waals surface area (Å²) in [6.45, 7) is 9.97. The molecule has 0 saturated heterocycles. The van der Waals surface area contributed by atoms with Crippen molar-refractivity contribution in [3.05, 3.63) is 11.8 Å². The van der Waals surface area contributed by atoms with Crippen LogP contribution in [0.1, 0.15) is 45.0 Å². The lowest BCUT2D eigenvalue weighted by molar-refractivity contribution is -0.120. The van der Waals surface area contributed by atoms with Gasteiger partial charge < -0.3 is 14.8 Å². The molecule has 0 aliphatic carbocycles. The second kappa shape index (κ2) is 8.33. The smallest absolute Gasteiger partial charge is 0.345 e. The molecule has 0 aliphatic rings. The average molecular weight is 390 g/mol. The van der Waals surface area contributed by atoms with Gasteiger partial charge in [-0.05, 0) is 27.7 Å². The van der Waals surface area contributed by atoms with Crippen molar-refractivity contribution < 1.29 is 19.1 Å². The van der Waals surface area contributed by atoms with Crippen LogP contribution in [0.2, 0.25) is 0 Å². The summed E-state index contributed by atoms with van der Waals surface area (Å²) < 4.78 is 12.2. The SMILES string of the molecule is CCOC(=O)c1cnn(CC(Br)C(C)(C)NC(C)=O)c1OCC. The van der Waals surface area contributed by atoms with E-state index in [1.165, 1.54) is 13.1 Å². The Labute approximate surface area is 144 Å². The number of ether oxygens (including phenoxy) is 2. The molecule has 0 spiro atoms. The highest BCUT2D eigenvalue weighted by Crippen LogP contribution is 2.25. The van der Waals surface area contributed by atoms with Crippen molar-refractivity contribution in [2.45, 2.75) is 51.5 Å². The largest absolute Gasteiger partial charge is 0.478 e. The van der Waals surface area contributed by atoms with E-state index in [0.717, 1.165) is 0 Å². The predicted octanol–water partition coefficient (Wildman–Crippen LogP) is 2.14. The lowest BCUT2D eigenvalue weighted by Crippen LogP contribution is -2.50. The number of rotatable bonds is 8. The Bertz CT molecular complexity index is 557. The molecule has 1 amide bonds. The Morgan fingerprint density at radius 1 is 1.39 bits per heavy atom. The number of esters is 1. The van der Waals surface area contributed by atoms with Gasteiger partial charge in [-0.25, -0.2) is 9.48 Å². The molecule has 1 aromatic rings. The first kappa shape index (κ1) is 19.5. The van der Waals surface area contributed by atoms with E-state index in [1.54, 1.807) is 11.6 Å². The first-order chi connectivity index (χ1) is 10.7. The van der Waals surface area contributed by atoms with Crippen molar-refractivity contribution >= 4 is 27.8 Å². The van der Waals surface area contributed by atoms with Crippen LogP contribution >= 0.6 is 15.9 Å². The van der Waals surface area contributed by atoms with Crippen LogP contribution < -0.4 is 10.1 Å². The molecule has 0 radical (unpaired) electrons. The maximum Gasteiger partial charge on any atom is 0.345 e. The number of nitrogens with one attached hydrogen (secondary N) is 1. The normalized spacial score (nSPS) is 12.6. The zero-order valence-corrected chi connectivity index (χ0v) is 15.8. The monoisotopic (exact) mass is 389 g/mol. The van der Waals surface area contributed by atoms with Crippen LogP contribution in [0.3, 0.4) is 0 Å². The molecule has 0 fully saturated rings. The van der Waals surface area contributed by atoms with Crippen LogP contribution in [-0.4, -0.2) is 45.2 Å². The number of amides is 1. The van der Waals surface area contributed by atoms with Crippen molar-refractivity contribution in [3.8, 4) is 5.88 Å². The van der Waals surface area contributed by atoms with E-state index in [9.17, 15) is 9.59 Å². The standard InChI is InChI=1S/C15H24BrN3O4/c1-6-22-13-11(14(21)23-7-2)8-17-19(13)9-12(16)15(4,5)18-10(3)20/h8,12H,6-7,9H2,1-5H3,(H,18,20). The zero-order chi connectivity index (χ0) is 17.6. The van der Waals surface area contributed by atoms with Crippen molar-refractivity contribution in [1.29, 1.82) is 0 Å². The first-order valence-electron chi connectivity index (χ1n) is 7.51. The van der Waals surface area contributed by atoms with Gasteiger partial charge in [-0.15, -0.1) is 0 Å². The fourth-order valence-corrected chi connectivity index (χ4v) is 2.44. The van der Waals surface area contributed by atoms with Crippen LogP contribution in [0.15, 0.2) is 6.20 Å². The Morgan fingerprint density at radius 2 is 2.04 bits per heavy atom. The molecule has 1 atom stereocenters. The summed E-state index contributed by atoms with van der Waals surface area (Å²) in [5.74, 6) is -0.208. The predicted molar refractivity (Wildman–Crippen MR) is 90.0 cm³/mol. The molecule has 0 aromatic carbocycles. The topological polar surface area (TPSA) is 82.5 Å². The Balaban J connectivity index is 2.99.